The van der Waals surface area contributed by atoms with E-state index in [0.29, 0.717) is 23.5 Å². The number of benzene rings is 1. The Bertz CT molecular complexity index is 692. The standard InChI is InChI=1S/C13H17N3O3S/c1-3-12-14-8-13(15-12)20(18,19)16-11-6-4-5-10(7-11)9(2)17/h4-9,16-17H,3H2,1-2H3,(H,14,15). The van der Waals surface area contributed by atoms with Gasteiger partial charge in [-0.25, -0.2) is 4.98 Å². The zero-order chi connectivity index (χ0) is 14.8. The number of nitrogens with zero attached hydrogens (tertiary/aromatic N) is 1. The third kappa shape index (κ3) is 3.17. The molecule has 2 rings (SSSR count). The van der Waals surface area contributed by atoms with Gasteiger partial charge in [0.15, 0.2) is 5.03 Å². The molecule has 1 aromatic carbocycles. The van der Waals surface area contributed by atoms with Crippen molar-refractivity contribution in [3.8, 4) is 0 Å². The van der Waals surface area contributed by atoms with Crippen molar-refractivity contribution in [2.75, 3.05) is 4.72 Å². The summed E-state index contributed by atoms with van der Waals surface area (Å²) in [6.07, 6.45) is 1.27. The Labute approximate surface area is 117 Å². The number of aliphatic hydroxyl groups is 1. The van der Waals surface area contributed by atoms with Crippen LogP contribution in [0.25, 0.3) is 0 Å². The van der Waals surface area contributed by atoms with E-state index in [2.05, 4.69) is 14.7 Å². The first-order valence-electron chi connectivity index (χ1n) is 6.27. The first kappa shape index (κ1) is 14.5. The third-order valence-electron chi connectivity index (χ3n) is 2.85. The monoisotopic (exact) mass is 295 g/mol. The number of sulfonamides is 1. The van der Waals surface area contributed by atoms with Crippen molar-refractivity contribution >= 4 is 15.7 Å². The van der Waals surface area contributed by atoms with Gasteiger partial charge in [-0.1, -0.05) is 19.1 Å². The highest BCUT2D eigenvalue weighted by Crippen LogP contribution is 2.19. The molecule has 1 unspecified atom stereocenters. The number of anilines is 1. The van der Waals surface area contributed by atoms with Crippen LogP contribution >= 0.6 is 0 Å². The summed E-state index contributed by atoms with van der Waals surface area (Å²) in [6, 6.07) is 6.64. The van der Waals surface area contributed by atoms with Gasteiger partial charge in [-0.2, -0.15) is 8.42 Å². The first-order chi connectivity index (χ1) is 9.42. The molecule has 2 aromatic rings. The molecule has 7 heteroatoms. The highest BCUT2D eigenvalue weighted by molar-refractivity contribution is 7.92. The summed E-state index contributed by atoms with van der Waals surface area (Å²) in [6.45, 7) is 3.50. The Morgan fingerprint density at radius 3 is 2.80 bits per heavy atom. The number of aromatic amines is 1. The maximum absolute atomic E-state index is 12.2. The molecule has 0 fully saturated rings. The van der Waals surface area contributed by atoms with Gasteiger partial charge in [-0.05, 0) is 24.6 Å². The molecule has 1 heterocycles. The number of rotatable bonds is 5. The predicted octanol–water partition coefficient (Wildman–Crippen LogP) is 1.83. The molecular formula is C13H17N3O3S. The second kappa shape index (κ2) is 5.64. The topological polar surface area (TPSA) is 95.1 Å². The molecule has 0 spiro atoms. The molecule has 0 bridgehead atoms. The summed E-state index contributed by atoms with van der Waals surface area (Å²) in [5.74, 6) is 0.614. The van der Waals surface area contributed by atoms with E-state index in [1.807, 2.05) is 6.92 Å². The Morgan fingerprint density at radius 2 is 2.20 bits per heavy atom. The van der Waals surface area contributed by atoms with Crippen molar-refractivity contribution in [2.24, 2.45) is 0 Å². The number of imidazole rings is 1. The normalized spacial score (nSPS) is 13.2. The SMILES string of the molecule is CCc1ncc(S(=O)(=O)Nc2cccc(C(C)O)c2)[nH]1. The fourth-order valence-electron chi connectivity index (χ4n) is 1.73. The Kier molecular flexibility index (Phi) is 4.10. The molecule has 20 heavy (non-hydrogen) atoms. The van der Waals surface area contributed by atoms with Gasteiger partial charge in [-0.3, -0.25) is 4.72 Å². The molecular weight excluding hydrogens is 278 g/mol. The quantitative estimate of drug-likeness (QED) is 0.784. The van der Waals surface area contributed by atoms with Crippen LogP contribution in [0.2, 0.25) is 0 Å². The highest BCUT2D eigenvalue weighted by Gasteiger charge is 2.17. The molecule has 0 aliphatic heterocycles. The molecule has 0 saturated carbocycles. The van der Waals surface area contributed by atoms with Crippen molar-refractivity contribution in [3.05, 3.63) is 41.9 Å². The van der Waals surface area contributed by atoms with Gasteiger partial charge in [0, 0.05) is 12.1 Å². The molecule has 0 radical (unpaired) electrons. The van der Waals surface area contributed by atoms with Gasteiger partial charge < -0.3 is 10.1 Å². The largest absolute Gasteiger partial charge is 0.389 e. The second-order valence-corrected chi connectivity index (χ2v) is 6.11. The number of aryl methyl sites for hydroxylation is 1. The van der Waals surface area contributed by atoms with Crippen LogP contribution in [0.15, 0.2) is 35.5 Å². The lowest BCUT2D eigenvalue weighted by Gasteiger charge is -2.09. The number of nitrogens with one attached hydrogen (secondary N) is 2. The maximum atomic E-state index is 12.2. The summed E-state index contributed by atoms with van der Waals surface area (Å²) in [7, 11) is -3.69. The lowest BCUT2D eigenvalue weighted by Crippen LogP contribution is -2.13. The number of aromatic nitrogens is 2. The Morgan fingerprint density at radius 1 is 1.45 bits per heavy atom. The number of aliphatic hydroxyl groups excluding tert-OH is 1. The van der Waals surface area contributed by atoms with Crippen LogP contribution in [0.3, 0.4) is 0 Å². The molecule has 3 N–H and O–H groups in total. The molecule has 1 atom stereocenters. The molecule has 1 aromatic heterocycles. The zero-order valence-electron chi connectivity index (χ0n) is 11.3. The molecule has 0 aliphatic carbocycles. The molecule has 108 valence electrons. The number of hydrogen-bond acceptors (Lipinski definition) is 4. The van der Waals surface area contributed by atoms with Gasteiger partial charge in [0.05, 0.1) is 12.3 Å². The van der Waals surface area contributed by atoms with E-state index in [0.717, 1.165) is 0 Å². The van der Waals surface area contributed by atoms with E-state index in [4.69, 9.17) is 0 Å². The van der Waals surface area contributed by atoms with Crippen molar-refractivity contribution in [3.63, 3.8) is 0 Å². The van der Waals surface area contributed by atoms with Gasteiger partial charge in [0.2, 0.25) is 0 Å². The van der Waals surface area contributed by atoms with Crippen molar-refractivity contribution in [1.29, 1.82) is 0 Å². The third-order valence-corrected chi connectivity index (χ3v) is 4.14. The smallest absolute Gasteiger partial charge is 0.278 e. The average molecular weight is 295 g/mol. The minimum atomic E-state index is -3.69. The van der Waals surface area contributed by atoms with Crippen molar-refractivity contribution in [2.45, 2.75) is 31.4 Å². The zero-order valence-corrected chi connectivity index (χ0v) is 12.1. The predicted molar refractivity (Wildman–Crippen MR) is 75.9 cm³/mol. The summed E-state index contributed by atoms with van der Waals surface area (Å²) in [5, 5.41) is 9.53. The van der Waals surface area contributed by atoms with Crippen LogP contribution in [0.4, 0.5) is 5.69 Å². The molecule has 0 amide bonds. The Balaban J connectivity index is 2.26. The van der Waals surface area contributed by atoms with Crippen LogP contribution in [0.5, 0.6) is 0 Å². The van der Waals surface area contributed by atoms with Crippen LogP contribution in [-0.4, -0.2) is 23.5 Å². The highest BCUT2D eigenvalue weighted by atomic mass is 32.2. The minimum Gasteiger partial charge on any atom is -0.389 e. The summed E-state index contributed by atoms with van der Waals surface area (Å²) < 4.78 is 26.8. The van der Waals surface area contributed by atoms with E-state index in [1.54, 1.807) is 31.2 Å². The summed E-state index contributed by atoms with van der Waals surface area (Å²) in [5.41, 5.74) is 1.04. The molecule has 0 saturated heterocycles. The average Bonchev–Trinajstić information content (AvgIpc) is 2.88. The van der Waals surface area contributed by atoms with E-state index in [1.165, 1.54) is 6.20 Å². The van der Waals surface area contributed by atoms with Gasteiger partial charge in [0.25, 0.3) is 10.0 Å². The van der Waals surface area contributed by atoms with Crippen LogP contribution in [0, 0.1) is 0 Å². The lowest BCUT2D eigenvalue weighted by molar-refractivity contribution is 0.199. The van der Waals surface area contributed by atoms with E-state index in [-0.39, 0.29) is 5.03 Å². The first-order valence-corrected chi connectivity index (χ1v) is 7.75. The lowest BCUT2D eigenvalue weighted by atomic mass is 10.1. The molecule has 0 aliphatic rings. The van der Waals surface area contributed by atoms with Crippen LogP contribution < -0.4 is 4.72 Å². The fourth-order valence-corrected chi connectivity index (χ4v) is 2.72. The summed E-state index contributed by atoms with van der Waals surface area (Å²) >= 11 is 0. The maximum Gasteiger partial charge on any atom is 0.278 e. The number of hydrogen-bond donors (Lipinski definition) is 3. The summed E-state index contributed by atoms with van der Waals surface area (Å²) in [4.78, 5) is 6.72. The fraction of sp³-hybridized carbons (Fsp3) is 0.308. The van der Waals surface area contributed by atoms with E-state index >= 15 is 0 Å². The van der Waals surface area contributed by atoms with Gasteiger partial charge in [0.1, 0.15) is 5.82 Å². The van der Waals surface area contributed by atoms with E-state index in [9.17, 15) is 13.5 Å². The van der Waals surface area contributed by atoms with Crippen molar-refractivity contribution in [1.82, 2.24) is 9.97 Å². The van der Waals surface area contributed by atoms with Crippen LogP contribution in [-0.2, 0) is 16.4 Å². The number of H-pyrrole nitrogens is 1. The van der Waals surface area contributed by atoms with Gasteiger partial charge >= 0.3 is 0 Å². The van der Waals surface area contributed by atoms with Crippen molar-refractivity contribution < 1.29 is 13.5 Å². The molecule has 6 nitrogen and oxygen atoms in total. The second-order valence-electron chi connectivity index (χ2n) is 4.45. The van der Waals surface area contributed by atoms with Gasteiger partial charge in [-0.15, -0.1) is 0 Å². The minimum absolute atomic E-state index is 0.0248. The Hall–Kier alpha value is -1.86. The van der Waals surface area contributed by atoms with E-state index < -0.39 is 16.1 Å². The van der Waals surface area contributed by atoms with Crippen LogP contribution in [0.1, 0.15) is 31.3 Å².